The summed E-state index contributed by atoms with van der Waals surface area (Å²) in [7, 11) is 0. The molecule has 0 aliphatic heterocycles. The molecule has 0 heterocycles. The molecule has 0 fully saturated rings. The van der Waals surface area contributed by atoms with Gasteiger partial charge in [-0.2, -0.15) is 5.26 Å². The van der Waals surface area contributed by atoms with Crippen molar-refractivity contribution in [1.29, 1.82) is 5.26 Å². The van der Waals surface area contributed by atoms with Crippen molar-refractivity contribution in [3.05, 3.63) is 64.7 Å². The van der Waals surface area contributed by atoms with Crippen LogP contribution in [-0.2, 0) is 9.53 Å². The van der Waals surface area contributed by atoms with Gasteiger partial charge in [0.05, 0.1) is 16.8 Å². The first-order valence-electron chi connectivity index (χ1n) is 8.93. The average Bonchev–Trinajstić information content (AvgIpc) is 2.65. The van der Waals surface area contributed by atoms with Gasteiger partial charge in [0.1, 0.15) is 6.07 Å². The number of carbonyl (C=O) groups excluding carboxylic acids is 2. The van der Waals surface area contributed by atoms with Crippen LogP contribution in [0.5, 0.6) is 0 Å². The third-order valence-electron chi connectivity index (χ3n) is 4.24. The predicted molar refractivity (Wildman–Crippen MR) is 105 cm³/mol. The lowest BCUT2D eigenvalue weighted by Gasteiger charge is -2.15. The van der Waals surface area contributed by atoms with E-state index in [0.29, 0.717) is 22.7 Å². The Kier molecular flexibility index (Phi) is 6.73. The van der Waals surface area contributed by atoms with Crippen molar-refractivity contribution in [1.82, 2.24) is 0 Å². The van der Waals surface area contributed by atoms with Crippen molar-refractivity contribution in [3.63, 3.8) is 0 Å². The zero-order valence-electron chi connectivity index (χ0n) is 16.1. The summed E-state index contributed by atoms with van der Waals surface area (Å²) in [5.74, 6) is -0.505. The van der Waals surface area contributed by atoms with Gasteiger partial charge in [0.15, 0.2) is 6.61 Å². The Hall–Kier alpha value is -3.13. The minimum absolute atomic E-state index is 0.155. The Morgan fingerprint density at radius 3 is 2.41 bits per heavy atom. The number of esters is 1. The van der Waals surface area contributed by atoms with Crippen molar-refractivity contribution in [2.24, 2.45) is 0 Å². The van der Waals surface area contributed by atoms with Crippen molar-refractivity contribution in [2.75, 3.05) is 11.9 Å². The first-order chi connectivity index (χ1) is 12.8. The minimum Gasteiger partial charge on any atom is -0.452 e. The van der Waals surface area contributed by atoms with Gasteiger partial charge in [-0.3, -0.25) is 4.79 Å². The molecule has 27 heavy (non-hydrogen) atoms. The van der Waals surface area contributed by atoms with Gasteiger partial charge < -0.3 is 10.1 Å². The number of benzene rings is 2. The van der Waals surface area contributed by atoms with Gasteiger partial charge in [-0.1, -0.05) is 52.0 Å². The van der Waals surface area contributed by atoms with E-state index in [9.17, 15) is 9.59 Å². The maximum Gasteiger partial charge on any atom is 0.338 e. The number of hydrogen-bond donors (Lipinski definition) is 1. The van der Waals surface area contributed by atoms with Gasteiger partial charge in [-0.25, -0.2) is 4.79 Å². The SMILES string of the molecule is CC(C)c1ccc(C(=O)OCC(=O)Nc2ccccc2C#N)c(C(C)C)c1. The maximum atomic E-state index is 12.5. The highest BCUT2D eigenvalue weighted by molar-refractivity contribution is 5.96. The number of nitrogens with one attached hydrogen (secondary N) is 1. The Balaban J connectivity index is 2.07. The van der Waals surface area contributed by atoms with Gasteiger partial charge in [0.25, 0.3) is 5.91 Å². The molecular weight excluding hydrogens is 340 g/mol. The summed E-state index contributed by atoms with van der Waals surface area (Å²) in [5.41, 5.74) is 3.27. The van der Waals surface area contributed by atoms with Gasteiger partial charge >= 0.3 is 5.97 Å². The normalized spacial score (nSPS) is 10.6. The zero-order valence-corrected chi connectivity index (χ0v) is 16.1. The molecule has 0 aliphatic rings. The van der Waals surface area contributed by atoms with Gasteiger partial charge in [-0.15, -0.1) is 0 Å². The molecular formula is C22H24N2O3. The number of nitrogens with zero attached hydrogens (tertiary/aromatic N) is 1. The maximum absolute atomic E-state index is 12.5. The number of anilines is 1. The third kappa shape index (κ3) is 5.18. The lowest BCUT2D eigenvalue weighted by atomic mass is 9.91. The van der Waals surface area contributed by atoms with Crippen LogP contribution in [0.4, 0.5) is 5.69 Å². The smallest absolute Gasteiger partial charge is 0.338 e. The summed E-state index contributed by atoms with van der Waals surface area (Å²) in [6, 6.07) is 14.4. The molecule has 0 spiro atoms. The Morgan fingerprint density at radius 1 is 1.07 bits per heavy atom. The fourth-order valence-electron chi connectivity index (χ4n) is 2.69. The monoisotopic (exact) mass is 364 g/mol. The molecule has 1 amide bonds. The van der Waals surface area contributed by atoms with E-state index < -0.39 is 18.5 Å². The van der Waals surface area contributed by atoms with Crippen LogP contribution >= 0.6 is 0 Å². The number of ether oxygens (including phenoxy) is 1. The van der Waals surface area contributed by atoms with Gasteiger partial charge in [-0.05, 0) is 41.2 Å². The summed E-state index contributed by atoms with van der Waals surface area (Å²) >= 11 is 0. The molecule has 0 saturated heterocycles. The van der Waals surface area contributed by atoms with E-state index in [0.717, 1.165) is 11.1 Å². The van der Waals surface area contributed by atoms with E-state index in [1.165, 1.54) is 0 Å². The third-order valence-corrected chi connectivity index (χ3v) is 4.24. The van der Waals surface area contributed by atoms with Crippen LogP contribution in [0, 0.1) is 11.3 Å². The molecule has 2 aromatic carbocycles. The standard InChI is InChI=1S/C22H24N2O3/c1-14(2)16-9-10-18(19(11-16)15(3)4)22(26)27-13-21(25)24-20-8-6-5-7-17(20)12-23/h5-11,14-15H,13H2,1-4H3,(H,24,25). The van der Waals surface area contributed by atoms with Gasteiger partial charge in [0, 0.05) is 0 Å². The number of nitriles is 1. The summed E-state index contributed by atoms with van der Waals surface area (Å²) in [6.45, 7) is 7.81. The lowest BCUT2D eigenvalue weighted by molar-refractivity contribution is -0.119. The molecule has 1 N–H and O–H groups in total. The minimum atomic E-state index is -0.530. The van der Waals surface area contributed by atoms with Crippen LogP contribution in [0.1, 0.15) is 66.6 Å². The van der Waals surface area contributed by atoms with Crippen molar-refractivity contribution >= 4 is 17.6 Å². The second-order valence-electron chi connectivity index (χ2n) is 6.94. The summed E-state index contributed by atoms with van der Waals surface area (Å²) in [6.07, 6.45) is 0. The van der Waals surface area contributed by atoms with Crippen molar-refractivity contribution < 1.29 is 14.3 Å². The molecule has 2 aromatic rings. The van der Waals surface area contributed by atoms with E-state index in [1.807, 2.05) is 32.0 Å². The first-order valence-corrected chi connectivity index (χ1v) is 8.93. The van der Waals surface area contributed by atoms with Crippen LogP contribution in [0.25, 0.3) is 0 Å². The number of para-hydroxylation sites is 1. The molecule has 0 aromatic heterocycles. The summed E-state index contributed by atoms with van der Waals surface area (Å²) in [4.78, 5) is 24.6. The molecule has 5 nitrogen and oxygen atoms in total. The Labute approximate surface area is 160 Å². The molecule has 140 valence electrons. The number of amides is 1. The van der Waals surface area contributed by atoms with Crippen molar-refractivity contribution in [2.45, 2.75) is 39.5 Å². The fraction of sp³-hybridized carbons (Fsp3) is 0.318. The second-order valence-corrected chi connectivity index (χ2v) is 6.94. The molecule has 5 heteroatoms. The molecule has 0 aliphatic carbocycles. The largest absolute Gasteiger partial charge is 0.452 e. The number of hydrogen-bond acceptors (Lipinski definition) is 4. The van der Waals surface area contributed by atoms with Crippen LogP contribution < -0.4 is 5.32 Å². The molecule has 0 bridgehead atoms. The van der Waals surface area contributed by atoms with E-state index in [2.05, 4.69) is 19.2 Å². The topological polar surface area (TPSA) is 79.2 Å². The Bertz CT molecular complexity index is 879. The van der Waals surface area contributed by atoms with E-state index in [4.69, 9.17) is 10.00 Å². The fourth-order valence-corrected chi connectivity index (χ4v) is 2.69. The van der Waals surface area contributed by atoms with E-state index >= 15 is 0 Å². The highest BCUT2D eigenvalue weighted by Gasteiger charge is 2.18. The van der Waals surface area contributed by atoms with Crippen LogP contribution in [0.2, 0.25) is 0 Å². The molecule has 2 rings (SSSR count). The summed E-state index contributed by atoms with van der Waals surface area (Å²) in [5, 5.41) is 11.6. The Morgan fingerprint density at radius 2 is 1.78 bits per heavy atom. The van der Waals surface area contributed by atoms with Gasteiger partial charge in [0.2, 0.25) is 0 Å². The zero-order chi connectivity index (χ0) is 20.0. The van der Waals surface area contributed by atoms with E-state index in [1.54, 1.807) is 30.3 Å². The first kappa shape index (κ1) is 20.2. The second kappa shape index (κ2) is 9.00. The van der Waals surface area contributed by atoms with Crippen LogP contribution in [0.3, 0.4) is 0 Å². The average molecular weight is 364 g/mol. The molecule has 0 radical (unpaired) electrons. The molecule has 0 saturated carbocycles. The van der Waals surface area contributed by atoms with E-state index in [-0.39, 0.29) is 5.92 Å². The number of rotatable bonds is 6. The van der Waals surface area contributed by atoms with Crippen molar-refractivity contribution in [3.8, 4) is 6.07 Å². The molecule has 0 unspecified atom stereocenters. The highest BCUT2D eigenvalue weighted by Crippen LogP contribution is 2.25. The lowest BCUT2D eigenvalue weighted by Crippen LogP contribution is -2.22. The molecule has 0 atom stereocenters. The highest BCUT2D eigenvalue weighted by atomic mass is 16.5. The number of carbonyl (C=O) groups is 2. The quantitative estimate of drug-likeness (QED) is 0.760. The van der Waals surface area contributed by atoms with Crippen LogP contribution in [0.15, 0.2) is 42.5 Å². The summed E-state index contributed by atoms with van der Waals surface area (Å²) < 4.78 is 5.19. The van der Waals surface area contributed by atoms with Crippen LogP contribution in [-0.4, -0.2) is 18.5 Å². The predicted octanol–water partition coefficient (Wildman–Crippen LogP) is 4.60.